The molecule has 0 aromatic carbocycles. The van der Waals surface area contributed by atoms with Gasteiger partial charge in [-0.3, -0.25) is 10.4 Å². The molecule has 0 aliphatic heterocycles. The standard InChI is InChI=1S/C11H23NO6/c1-9(18-12(14)15)7-5-6-8-16-10(13)17-11(2,3)4/h9,14-15H,5-8H2,1-4H3/t9-/m0/s1. The van der Waals surface area contributed by atoms with Gasteiger partial charge in [0.15, 0.2) is 0 Å². The van der Waals surface area contributed by atoms with Crippen molar-refractivity contribution in [2.75, 3.05) is 6.61 Å². The molecule has 0 aliphatic carbocycles. The molecule has 18 heavy (non-hydrogen) atoms. The van der Waals surface area contributed by atoms with E-state index in [4.69, 9.17) is 19.9 Å². The molecule has 0 spiro atoms. The first-order chi connectivity index (χ1) is 8.20. The molecule has 0 radical (unpaired) electrons. The molecule has 1 atom stereocenters. The first-order valence-corrected chi connectivity index (χ1v) is 5.91. The van der Waals surface area contributed by atoms with Crippen molar-refractivity contribution in [3.8, 4) is 0 Å². The summed E-state index contributed by atoms with van der Waals surface area (Å²) < 4.78 is 9.83. The maximum absolute atomic E-state index is 11.2. The van der Waals surface area contributed by atoms with Crippen LogP contribution in [0.25, 0.3) is 0 Å². The second kappa shape index (κ2) is 8.25. The van der Waals surface area contributed by atoms with E-state index in [1.807, 2.05) is 0 Å². The lowest BCUT2D eigenvalue weighted by atomic mass is 10.2. The fraction of sp³-hybridized carbons (Fsp3) is 0.909. The molecular weight excluding hydrogens is 242 g/mol. The van der Waals surface area contributed by atoms with Crippen molar-refractivity contribution in [3.63, 3.8) is 0 Å². The van der Waals surface area contributed by atoms with Crippen LogP contribution in [0, 0.1) is 0 Å². The molecule has 0 aromatic rings. The summed E-state index contributed by atoms with van der Waals surface area (Å²) in [6.45, 7) is 7.27. The van der Waals surface area contributed by atoms with Gasteiger partial charge in [-0.2, -0.15) is 0 Å². The van der Waals surface area contributed by atoms with Crippen molar-refractivity contribution in [2.45, 2.75) is 58.7 Å². The van der Waals surface area contributed by atoms with Crippen LogP contribution in [0.15, 0.2) is 0 Å². The molecule has 0 amide bonds. The first-order valence-electron chi connectivity index (χ1n) is 5.91. The molecule has 0 fully saturated rings. The van der Waals surface area contributed by atoms with Gasteiger partial charge in [0.1, 0.15) is 5.60 Å². The minimum absolute atomic E-state index is 0.267. The minimum Gasteiger partial charge on any atom is -0.434 e. The zero-order chi connectivity index (χ0) is 14.2. The van der Waals surface area contributed by atoms with Crippen LogP contribution in [0.2, 0.25) is 0 Å². The Hall–Kier alpha value is -0.890. The quantitative estimate of drug-likeness (QED) is 0.415. The Morgan fingerprint density at radius 2 is 1.89 bits per heavy atom. The van der Waals surface area contributed by atoms with E-state index in [0.717, 1.165) is 6.42 Å². The van der Waals surface area contributed by atoms with Gasteiger partial charge in [-0.15, -0.1) is 0 Å². The van der Waals surface area contributed by atoms with Gasteiger partial charge in [-0.05, 0) is 47.0 Å². The van der Waals surface area contributed by atoms with Crippen LogP contribution >= 0.6 is 0 Å². The van der Waals surface area contributed by atoms with Crippen molar-refractivity contribution in [2.24, 2.45) is 0 Å². The van der Waals surface area contributed by atoms with E-state index in [2.05, 4.69) is 4.84 Å². The summed E-state index contributed by atoms with van der Waals surface area (Å²) in [5.74, 6) is 0. The molecule has 0 rings (SSSR count). The summed E-state index contributed by atoms with van der Waals surface area (Å²) in [6.07, 6.45) is 1.02. The van der Waals surface area contributed by atoms with Gasteiger partial charge in [-0.1, -0.05) is 0 Å². The average molecular weight is 265 g/mol. The lowest BCUT2D eigenvalue weighted by Gasteiger charge is -2.18. The molecule has 7 nitrogen and oxygen atoms in total. The second-order valence-electron chi connectivity index (χ2n) is 4.98. The molecule has 108 valence electrons. The molecule has 0 saturated carbocycles. The zero-order valence-corrected chi connectivity index (χ0v) is 11.4. The highest BCUT2D eigenvalue weighted by Crippen LogP contribution is 2.09. The van der Waals surface area contributed by atoms with Crippen molar-refractivity contribution >= 4 is 6.16 Å². The number of carbonyl (C=O) groups excluding carboxylic acids is 1. The van der Waals surface area contributed by atoms with Crippen molar-refractivity contribution in [1.29, 1.82) is 0 Å². The molecular formula is C11H23NO6. The number of nitrogens with zero attached hydrogens (tertiary/aromatic N) is 1. The van der Waals surface area contributed by atoms with Gasteiger partial charge in [0.25, 0.3) is 0 Å². The largest absolute Gasteiger partial charge is 0.508 e. The zero-order valence-electron chi connectivity index (χ0n) is 11.4. The predicted molar refractivity (Wildman–Crippen MR) is 62.0 cm³/mol. The summed E-state index contributed by atoms with van der Waals surface area (Å²) in [4.78, 5) is 15.7. The van der Waals surface area contributed by atoms with Gasteiger partial charge in [-0.25, -0.2) is 9.63 Å². The third-order valence-corrected chi connectivity index (χ3v) is 1.89. The predicted octanol–water partition coefficient (Wildman–Crippen LogP) is 2.51. The molecule has 0 unspecified atom stereocenters. The van der Waals surface area contributed by atoms with Crippen molar-refractivity contribution < 1.29 is 29.5 Å². The third kappa shape index (κ3) is 11.6. The molecule has 0 bridgehead atoms. The maximum atomic E-state index is 11.2. The van der Waals surface area contributed by atoms with Crippen LogP contribution in [-0.2, 0) is 14.3 Å². The summed E-state index contributed by atoms with van der Waals surface area (Å²) in [6, 6.07) is 0. The highest BCUT2D eigenvalue weighted by molar-refractivity contribution is 5.60. The number of hydrogen-bond donors (Lipinski definition) is 2. The highest BCUT2D eigenvalue weighted by atomic mass is 17.1. The topological polar surface area (TPSA) is 88.5 Å². The van der Waals surface area contributed by atoms with Crippen LogP contribution in [0.3, 0.4) is 0 Å². The Kier molecular flexibility index (Phi) is 7.85. The Bertz CT molecular complexity index is 238. The normalized spacial score (nSPS) is 13.5. The summed E-state index contributed by atoms with van der Waals surface area (Å²) in [7, 11) is 0. The van der Waals surface area contributed by atoms with E-state index < -0.39 is 11.8 Å². The number of hydrogen-bond acceptors (Lipinski definition) is 7. The summed E-state index contributed by atoms with van der Waals surface area (Å²) in [5, 5.41) is 16.5. The smallest absolute Gasteiger partial charge is 0.434 e. The first kappa shape index (κ1) is 17.1. The average Bonchev–Trinajstić information content (AvgIpc) is 2.12. The molecule has 0 heterocycles. The maximum Gasteiger partial charge on any atom is 0.508 e. The van der Waals surface area contributed by atoms with Crippen molar-refractivity contribution in [1.82, 2.24) is 5.39 Å². The molecule has 0 aliphatic rings. The lowest BCUT2D eigenvalue weighted by molar-refractivity contribution is -0.503. The van der Waals surface area contributed by atoms with Gasteiger partial charge in [0.05, 0.1) is 18.1 Å². The lowest BCUT2D eigenvalue weighted by Crippen LogP contribution is -2.24. The molecule has 7 heteroatoms. The monoisotopic (exact) mass is 265 g/mol. The van der Waals surface area contributed by atoms with Gasteiger partial charge >= 0.3 is 6.16 Å². The fourth-order valence-corrected chi connectivity index (χ4v) is 1.18. The van der Waals surface area contributed by atoms with E-state index in [1.165, 1.54) is 0 Å². The molecule has 2 N–H and O–H groups in total. The van der Waals surface area contributed by atoms with Crippen LogP contribution in [0.5, 0.6) is 0 Å². The Morgan fingerprint density at radius 3 is 2.39 bits per heavy atom. The third-order valence-electron chi connectivity index (χ3n) is 1.89. The van der Waals surface area contributed by atoms with E-state index in [-0.39, 0.29) is 18.1 Å². The van der Waals surface area contributed by atoms with E-state index >= 15 is 0 Å². The van der Waals surface area contributed by atoms with E-state index in [1.54, 1.807) is 27.7 Å². The van der Waals surface area contributed by atoms with Gasteiger partial charge in [0.2, 0.25) is 0 Å². The highest BCUT2D eigenvalue weighted by Gasteiger charge is 2.17. The van der Waals surface area contributed by atoms with Gasteiger partial charge < -0.3 is 9.47 Å². The molecule has 0 aromatic heterocycles. The second-order valence-corrected chi connectivity index (χ2v) is 4.98. The van der Waals surface area contributed by atoms with Crippen LogP contribution in [0.4, 0.5) is 4.79 Å². The summed E-state index contributed by atoms with van der Waals surface area (Å²) in [5.41, 5.74) is -0.550. The van der Waals surface area contributed by atoms with Crippen LogP contribution in [-0.4, -0.2) is 40.3 Å². The Morgan fingerprint density at radius 1 is 1.28 bits per heavy atom. The molecule has 0 saturated heterocycles. The number of unbranched alkanes of at least 4 members (excludes halogenated alkanes) is 1. The fourth-order valence-electron chi connectivity index (χ4n) is 1.18. The van der Waals surface area contributed by atoms with Crippen LogP contribution in [0.1, 0.15) is 47.0 Å². The Balaban J connectivity index is 3.48. The Labute approximate surface area is 107 Å². The van der Waals surface area contributed by atoms with Crippen molar-refractivity contribution in [3.05, 3.63) is 0 Å². The SMILES string of the molecule is C[C@@H](CCCCOC(=O)OC(C)(C)C)ON(O)O. The van der Waals surface area contributed by atoms with E-state index in [0.29, 0.717) is 12.8 Å². The minimum atomic E-state index is -0.677. The van der Waals surface area contributed by atoms with Gasteiger partial charge in [0, 0.05) is 0 Å². The van der Waals surface area contributed by atoms with Crippen LogP contribution < -0.4 is 0 Å². The van der Waals surface area contributed by atoms with E-state index in [9.17, 15) is 4.79 Å². The number of ether oxygens (including phenoxy) is 2. The number of rotatable bonds is 7. The number of carbonyl (C=O) groups is 1. The summed E-state index contributed by atoms with van der Waals surface area (Å²) >= 11 is 0.